The third-order valence-electron chi connectivity index (χ3n) is 1.80. The summed E-state index contributed by atoms with van der Waals surface area (Å²) in [6, 6.07) is 1.60. The van der Waals surface area contributed by atoms with Gasteiger partial charge in [0.2, 0.25) is 0 Å². The Bertz CT molecular complexity index is 368. The number of amides is 1. The highest BCUT2D eigenvalue weighted by Gasteiger charge is 2.20. The number of hydrogen-bond donors (Lipinski definition) is 1. The van der Waals surface area contributed by atoms with E-state index < -0.39 is 0 Å². The third-order valence-corrected chi connectivity index (χ3v) is 3.51. The Morgan fingerprint density at radius 1 is 1.67 bits per heavy atom. The molecule has 0 saturated heterocycles. The van der Waals surface area contributed by atoms with Crippen LogP contribution in [0.25, 0.3) is 0 Å². The first-order valence-electron chi connectivity index (χ1n) is 4.44. The largest absolute Gasteiger partial charge is 0.346 e. The minimum atomic E-state index is -0.302. The van der Waals surface area contributed by atoms with Crippen molar-refractivity contribution in [3.63, 3.8) is 0 Å². The topological polar surface area (TPSA) is 42.0 Å². The van der Waals surface area contributed by atoms with Crippen molar-refractivity contribution in [3.05, 3.63) is 29.0 Å². The molecule has 0 aliphatic heterocycles. The number of halogens is 2. The van der Waals surface area contributed by atoms with Gasteiger partial charge < -0.3 is 5.32 Å². The van der Waals surface area contributed by atoms with Crippen LogP contribution >= 0.6 is 27.5 Å². The summed E-state index contributed by atoms with van der Waals surface area (Å²) in [5.41, 5.74) is 0.143. The molecular weight excluding hydrogens is 279 g/mol. The van der Waals surface area contributed by atoms with E-state index in [-0.39, 0.29) is 11.4 Å². The molecule has 1 rings (SSSR count). The fourth-order valence-electron chi connectivity index (χ4n) is 0.967. The number of nitrogens with one attached hydrogen (secondary N) is 1. The fourth-order valence-corrected chi connectivity index (χ4v) is 1.31. The highest BCUT2D eigenvalue weighted by atomic mass is 79.9. The molecule has 0 unspecified atom stereocenters. The summed E-state index contributed by atoms with van der Waals surface area (Å²) < 4.78 is 0. The van der Waals surface area contributed by atoms with E-state index in [0.717, 1.165) is 0 Å². The highest BCUT2D eigenvalue weighted by molar-refractivity contribution is 9.09. The second-order valence-electron chi connectivity index (χ2n) is 3.83. The Balaban J connectivity index is 2.83. The molecule has 0 spiro atoms. The number of alkyl halides is 1. The average Bonchev–Trinajstić information content (AvgIpc) is 2.17. The molecule has 1 N–H and O–H groups in total. The number of hydrogen-bond acceptors (Lipinski definition) is 2. The smallest absolute Gasteiger partial charge is 0.253 e. The van der Waals surface area contributed by atoms with Crippen LogP contribution in [0.3, 0.4) is 0 Å². The summed E-state index contributed by atoms with van der Waals surface area (Å²) >= 11 is 9.19. The predicted molar refractivity (Wildman–Crippen MR) is 64.6 cm³/mol. The maximum absolute atomic E-state index is 11.8. The molecule has 0 fully saturated rings. The molecule has 82 valence electrons. The number of aromatic nitrogens is 1. The minimum absolute atomic E-state index is 0.188. The first-order chi connectivity index (χ1) is 6.96. The van der Waals surface area contributed by atoms with Crippen LogP contribution < -0.4 is 5.32 Å². The molecule has 0 saturated carbocycles. The van der Waals surface area contributed by atoms with Gasteiger partial charge in [-0.2, -0.15) is 0 Å². The highest BCUT2D eigenvalue weighted by Crippen LogP contribution is 2.15. The number of rotatable bonds is 3. The molecule has 0 atom stereocenters. The van der Waals surface area contributed by atoms with E-state index in [1.807, 2.05) is 13.8 Å². The van der Waals surface area contributed by atoms with E-state index in [1.54, 1.807) is 12.3 Å². The summed E-state index contributed by atoms with van der Waals surface area (Å²) in [7, 11) is 0. The molecule has 0 aromatic carbocycles. The lowest BCUT2D eigenvalue weighted by Crippen LogP contribution is -2.44. The van der Waals surface area contributed by atoms with Crippen LogP contribution in [0.1, 0.15) is 24.2 Å². The lowest BCUT2D eigenvalue weighted by atomic mass is 10.1. The zero-order chi connectivity index (χ0) is 11.5. The first kappa shape index (κ1) is 12.5. The quantitative estimate of drug-likeness (QED) is 0.870. The molecule has 0 bridgehead atoms. The monoisotopic (exact) mass is 290 g/mol. The maximum Gasteiger partial charge on any atom is 0.253 e. The number of carbonyl (C=O) groups is 1. The van der Waals surface area contributed by atoms with Gasteiger partial charge in [0.05, 0.1) is 10.6 Å². The van der Waals surface area contributed by atoms with E-state index in [0.29, 0.717) is 15.9 Å². The van der Waals surface area contributed by atoms with Gasteiger partial charge in [-0.1, -0.05) is 27.5 Å². The molecule has 15 heavy (non-hydrogen) atoms. The van der Waals surface area contributed by atoms with Gasteiger partial charge in [-0.05, 0) is 19.9 Å². The van der Waals surface area contributed by atoms with Crippen LogP contribution in [0, 0.1) is 0 Å². The molecule has 1 aromatic heterocycles. The SMILES string of the molecule is CC(C)(CBr)NC(=O)c1ccncc1Cl. The molecule has 5 heteroatoms. The number of nitrogens with zero attached hydrogens (tertiary/aromatic N) is 1. The van der Waals surface area contributed by atoms with Crippen LogP contribution in [0.2, 0.25) is 5.02 Å². The summed E-state index contributed by atoms with van der Waals surface area (Å²) in [6.45, 7) is 3.85. The van der Waals surface area contributed by atoms with E-state index in [1.165, 1.54) is 6.20 Å². The fraction of sp³-hybridized carbons (Fsp3) is 0.400. The molecule has 1 heterocycles. The second kappa shape index (κ2) is 4.94. The Hall–Kier alpha value is -0.610. The summed E-state index contributed by atoms with van der Waals surface area (Å²) in [5, 5.41) is 3.90. The molecule has 0 radical (unpaired) electrons. The summed E-state index contributed by atoms with van der Waals surface area (Å²) in [4.78, 5) is 15.6. The molecule has 1 aromatic rings. The third kappa shape index (κ3) is 3.47. The lowest BCUT2D eigenvalue weighted by molar-refractivity contribution is 0.0921. The van der Waals surface area contributed by atoms with Crippen LogP contribution in [0.5, 0.6) is 0 Å². The van der Waals surface area contributed by atoms with Gasteiger partial charge in [-0.3, -0.25) is 9.78 Å². The van der Waals surface area contributed by atoms with Gasteiger partial charge in [-0.15, -0.1) is 0 Å². The van der Waals surface area contributed by atoms with Gasteiger partial charge in [0.15, 0.2) is 0 Å². The van der Waals surface area contributed by atoms with Crippen molar-refractivity contribution >= 4 is 33.4 Å². The van der Waals surface area contributed by atoms with Gasteiger partial charge in [0.25, 0.3) is 5.91 Å². The average molecular weight is 292 g/mol. The van der Waals surface area contributed by atoms with Gasteiger partial charge in [0, 0.05) is 23.3 Å². The zero-order valence-electron chi connectivity index (χ0n) is 8.55. The standard InChI is InChI=1S/C10H12BrClN2O/c1-10(2,6-11)14-9(15)7-3-4-13-5-8(7)12/h3-5H,6H2,1-2H3,(H,14,15). The molecule has 0 aliphatic carbocycles. The Morgan fingerprint density at radius 2 is 2.33 bits per heavy atom. The molecular formula is C10H12BrClN2O. The molecule has 0 aliphatic rings. The second-order valence-corrected chi connectivity index (χ2v) is 4.80. The normalized spacial score (nSPS) is 11.2. The minimum Gasteiger partial charge on any atom is -0.346 e. The van der Waals surface area contributed by atoms with Crippen LogP contribution in [0.4, 0.5) is 0 Å². The summed E-state index contributed by atoms with van der Waals surface area (Å²) in [5.74, 6) is -0.188. The Morgan fingerprint density at radius 3 is 2.87 bits per heavy atom. The lowest BCUT2D eigenvalue weighted by Gasteiger charge is -2.23. The Kier molecular flexibility index (Phi) is 4.11. The van der Waals surface area contributed by atoms with Gasteiger partial charge in [0.1, 0.15) is 0 Å². The maximum atomic E-state index is 11.8. The van der Waals surface area contributed by atoms with E-state index in [2.05, 4.69) is 26.2 Å². The van der Waals surface area contributed by atoms with E-state index >= 15 is 0 Å². The van der Waals surface area contributed by atoms with Gasteiger partial charge in [-0.25, -0.2) is 0 Å². The number of pyridine rings is 1. The van der Waals surface area contributed by atoms with Crippen molar-refractivity contribution < 1.29 is 4.79 Å². The van der Waals surface area contributed by atoms with E-state index in [4.69, 9.17) is 11.6 Å². The van der Waals surface area contributed by atoms with Crippen molar-refractivity contribution in [1.29, 1.82) is 0 Å². The summed E-state index contributed by atoms with van der Waals surface area (Å²) in [6.07, 6.45) is 3.00. The van der Waals surface area contributed by atoms with Crippen molar-refractivity contribution in [3.8, 4) is 0 Å². The van der Waals surface area contributed by atoms with Crippen molar-refractivity contribution in [2.45, 2.75) is 19.4 Å². The molecule has 3 nitrogen and oxygen atoms in total. The van der Waals surface area contributed by atoms with Crippen LogP contribution in [-0.2, 0) is 0 Å². The van der Waals surface area contributed by atoms with Crippen molar-refractivity contribution in [1.82, 2.24) is 10.3 Å². The number of carbonyl (C=O) groups excluding carboxylic acids is 1. The van der Waals surface area contributed by atoms with Crippen molar-refractivity contribution in [2.75, 3.05) is 5.33 Å². The Labute approximate surface area is 102 Å². The van der Waals surface area contributed by atoms with Crippen LogP contribution in [0.15, 0.2) is 18.5 Å². The predicted octanol–water partition coefficient (Wildman–Crippen LogP) is 2.64. The molecule has 1 amide bonds. The first-order valence-corrected chi connectivity index (χ1v) is 5.94. The van der Waals surface area contributed by atoms with Crippen molar-refractivity contribution in [2.24, 2.45) is 0 Å². The van der Waals surface area contributed by atoms with E-state index in [9.17, 15) is 4.79 Å². The zero-order valence-corrected chi connectivity index (χ0v) is 10.9. The van der Waals surface area contributed by atoms with Crippen LogP contribution in [-0.4, -0.2) is 21.8 Å². The van der Waals surface area contributed by atoms with Gasteiger partial charge >= 0.3 is 0 Å².